The van der Waals surface area contributed by atoms with Gasteiger partial charge in [0, 0.05) is 5.56 Å². The summed E-state index contributed by atoms with van der Waals surface area (Å²) in [5.41, 5.74) is 5.36. The van der Waals surface area contributed by atoms with Gasteiger partial charge in [-0.3, -0.25) is 10.2 Å². The predicted molar refractivity (Wildman–Crippen MR) is 84.0 cm³/mol. The molecule has 0 saturated carbocycles. The fraction of sp³-hybridized carbons (Fsp3) is 0.200. The van der Waals surface area contributed by atoms with Crippen LogP contribution in [0.25, 0.3) is 0 Å². The Morgan fingerprint density at radius 1 is 1.09 bits per heavy atom. The highest BCUT2D eigenvalue weighted by Gasteiger charge is 2.08. The fourth-order valence-electron chi connectivity index (χ4n) is 1.67. The molecule has 0 fully saturated rings. The second-order valence-electron chi connectivity index (χ2n) is 4.51. The molecule has 1 aromatic carbocycles. The zero-order chi connectivity index (χ0) is 16.7. The number of rotatable bonds is 4. The third-order valence-electron chi connectivity index (χ3n) is 2.76. The minimum Gasteiger partial charge on any atom is -0.494 e. The van der Waals surface area contributed by atoms with Crippen molar-refractivity contribution in [1.82, 2.24) is 20.8 Å². The molecule has 23 heavy (non-hydrogen) atoms. The van der Waals surface area contributed by atoms with Gasteiger partial charge in [0.2, 0.25) is 0 Å². The van der Waals surface area contributed by atoms with Crippen molar-refractivity contribution in [3.63, 3.8) is 0 Å². The number of urea groups is 1. The molecule has 3 amide bonds. The van der Waals surface area contributed by atoms with Gasteiger partial charge in [-0.2, -0.15) is 0 Å². The van der Waals surface area contributed by atoms with E-state index in [-0.39, 0.29) is 0 Å². The fourth-order valence-corrected chi connectivity index (χ4v) is 1.67. The molecule has 0 unspecified atom stereocenters. The van der Waals surface area contributed by atoms with Crippen molar-refractivity contribution in [2.24, 2.45) is 0 Å². The number of aromatic nitrogens is 2. The van der Waals surface area contributed by atoms with Gasteiger partial charge in [-0.15, -0.1) is 0 Å². The number of hydrazine groups is 1. The van der Waals surface area contributed by atoms with Gasteiger partial charge in [0.15, 0.2) is 0 Å². The van der Waals surface area contributed by atoms with Crippen LogP contribution in [0.15, 0.2) is 36.7 Å². The number of benzene rings is 1. The van der Waals surface area contributed by atoms with Crippen LogP contribution in [0.4, 0.5) is 10.5 Å². The summed E-state index contributed by atoms with van der Waals surface area (Å²) in [6.07, 6.45) is 2.94. The molecule has 0 spiro atoms. The first-order valence-electron chi connectivity index (χ1n) is 6.97. The molecule has 0 atom stereocenters. The van der Waals surface area contributed by atoms with Crippen molar-refractivity contribution >= 4 is 17.6 Å². The molecule has 0 radical (unpaired) electrons. The van der Waals surface area contributed by atoms with Crippen LogP contribution >= 0.6 is 0 Å². The van der Waals surface area contributed by atoms with Crippen LogP contribution in [0.2, 0.25) is 0 Å². The third kappa shape index (κ3) is 4.95. The topological polar surface area (TPSA) is 105 Å². The Morgan fingerprint density at radius 3 is 2.35 bits per heavy atom. The molecule has 0 saturated heterocycles. The van der Waals surface area contributed by atoms with Crippen molar-refractivity contribution in [3.05, 3.63) is 48.0 Å². The summed E-state index contributed by atoms with van der Waals surface area (Å²) in [5.74, 6) is 0.831. The summed E-state index contributed by atoms with van der Waals surface area (Å²) >= 11 is 0. The first-order chi connectivity index (χ1) is 11.1. The largest absolute Gasteiger partial charge is 0.494 e. The minimum absolute atomic E-state index is 0.396. The number of carbonyl (C=O) groups excluding carboxylic acids is 2. The van der Waals surface area contributed by atoms with Crippen LogP contribution in [0.3, 0.4) is 0 Å². The standard InChI is InChI=1S/C15H17N5O3/c1-3-23-13-6-4-11(5-7-13)14(21)19-20-15(22)18-12-8-16-10(2)17-9-12/h4-9H,3H2,1-2H3,(H,19,21)(H2,18,20,22). The monoisotopic (exact) mass is 315 g/mol. The summed E-state index contributed by atoms with van der Waals surface area (Å²) in [7, 11) is 0. The summed E-state index contributed by atoms with van der Waals surface area (Å²) in [4.78, 5) is 31.4. The highest BCUT2D eigenvalue weighted by Crippen LogP contribution is 2.11. The van der Waals surface area contributed by atoms with Crippen LogP contribution in [0, 0.1) is 6.92 Å². The summed E-state index contributed by atoms with van der Waals surface area (Å²) in [6.45, 7) is 4.17. The van der Waals surface area contributed by atoms with Gasteiger partial charge in [-0.05, 0) is 38.1 Å². The van der Waals surface area contributed by atoms with E-state index in [9.17, 15) is 9.59 Å². The lowest BCUT2D eigenvalue weighted by Crippen LogP contribution is -2.43. The molecule has 8 heteroatoms. The van der Waals surface area contributed by atoms with Crippen molar-refractivity contribution in [2.75, 3.05) is 11.9 Å². The van der Waals surface area contributed by atoms with Crippen LogP contribution < -0.4 is 20.9 Å². The second-order valence-corrected chi connectivity index (χ2v) is 4.51. The molecule has 2 rings (SSSR count). The van der Waals surface area contributed by atoms with E-state index in [1.165, 1.54) is 12.4 Å². The first kappa shape index (κ1) is 16.2. The average molecular weight is 315 g/mol. The van der Waals surface area contributed by atoms with Gasteiger partial charge >= 0.3 is 6.03 Å². The molecule has 1 aromatic heterocycles. The maximum absolute atomic E-state index is 11.9. The Morgan fingerprint density at radius 2 is 1.74 bits per heavy atom. The Kier molecular flexibility index (Phi) is 5.45. The van der Waals surface area contributed by atoms with Crippen molar-refractivity contribution in [2.45, 2.75) is 13.8 Å². The molecule has 120 valence electrons. The van der Waals surface area contributed by atoms with E-state index in [0.29, 0.717) is 29.4 Å². The second kappa shape index (κ2) is 7.74. The molecular formula is C15H17N5O3. The number of anilines is 1. The van der Waals surface area contributed by atoms with Crippen LogP contribution in [-0.4, -0.2) is 28.5 Å². The molecule has 3 N–H and O–H groups in total. The number of nitrogens with zero attached hydrogens (tertiary/aromatic N) is 2. The zero-order valence-electron chi connectivity index (χ0n) is 12.8. The van der Waals surface area contributed by atoms with Crippen LogP contribution in [-0.2, 0) is 0 Å². The van der Waals surface area contributed by atoms with E-state index in [4.69, 9.17) is 4.74 Å². The van der Waals surface area contributed by atoms with Gasteiger partial charge in [-0.25, -0.2) is 20.2 Å². The normalized spacial score (nSPS) is 9.83. The van der Waals surface area contributed by atoms with Gasteiger partial charge in [0.25, 0.3) is 5.91 Å². The molecule has 8 nitrogen and oxygen atoms in total. The number of hydrogen-bond acceptors (Lipinski definition) is 5. The van der Waals surface area contributed by atoms with Gasteiger partial charge in [0.1, 0.15) is 11.6 Å². The van der Waals surface area contributed by atoms with Gasteiger partial charge in [0.05, 0.1) is 24.7 Å². The molecule has 0 bridgehead atoms. The van der Waals surface area contributed by atoms with E-state index in [1.54, 1.807) is 31.2 Å². The number of aryl methyl sites for hydroxylation is 1. The van der Waals surface area contributed by atoms with Gasteiger partial charge < -0.3 is 10.1 Å². The number of amides is 3. The van der Waals surface area contributed by atoms with Crippen molar-refractivity contribution in [3.8, 4) is 5.75 Å². The van der Waals surface area contributed by atoms with Crippen molar-refractivity contribution < 1.29 is 14.3 Å². The van der Waals surface area contributed by atoms with Crippen molar-refractivity contribution in [1.29, 1.82) is 0 Å². The number of hydrogen-bond donors (Lipinski definition) is 3. The maximum Gasteiger partial charge on any atom is 0.338 e. The smallest absolute Gasteiger partial charge is 0.338 e. The molecule has 0 aliphatic rings. The highest BCUT2D eigenvalue weighted by atomic mass is 16.5. The Bertz CT molecular complexity index is 671. The Labute approximate surface area is 133 Å². The molecule has 0 aliphatic carbocycles. The van der Waals surface area contributed by atoms with Crippen LogP contribution in [0.5, 0.6) is 5.75 Å². The molecule has 0 aliphatic heterocycles. The highest BCUT2D eigenvalue weighted by molar-refractivity contribution is 5.97. The summed E-state index contributed by atoms with van der Waals surface area (Å²) < 4.78 is 5.29. The van der Waals surface area contributed by atoms with E-state index in [2.05, 4.69) is 26.1 Å². The Balaban J connectivity index is 1.83. The van der Waals surface area contributed by atoms with E-state index in [1.807, 2.05) is 6.92 Å². The number of nitrogens with one attached hydrogen (secondary N) is 3. The predicted octanol–water partition coefficient (Wildman–Crippen LogP) is 1.65. The summed E-state index contributed by atoms with van der Waals surface area (Å²) in [5, 5.41) is 2.49. The quantitative estimate of drug-likeness (QED) is 0.744. The lowest BCUT2D eigenvalue weighted by Gasteiger charge is -2.09. The van der Waals surface area contributed by atoms with E-state index < -0.39 is 11.9 Å². The maximum atomic E-state index is 11.9. The zero-order valence-corrected chi connectivity index (χ0v) is 12.8. The molecule has 2 aromatic rings. The van der Waals surface area contributed by atoms with E-state index >= 15 is 0 Å². The van der Waals surface area contributed by atoms with E-state index in [0.717, 1.165) is 0 Å². The van der Waals surface area contributed by atoms with Gasteiger partial charge in [-0.1, -0.05) is 0 Å². The Hall–Kier alpha value is -3.16. The summed E-state index contributed by atoms with van der Waals surface area (Å²) in [6, 6.07) is 5.97. The number of ether oxygens (including phenoxy) is 1. The molecular weight excluding hydrogens is 298 g/mol. The lowest BCUT2D eigenvalue weighted by molar-refractivity contribution is 0.0938. The SMILES string of the molecule is CCOc1ccc(C(=O)NNC(=O)Nc2cnc(C)nc2)cc1. The average Bonchev–Trinajstić information content (AvgIpc) is 2.56. The number of carbonyl (C=O) groups is 2. The molecule has 1 heterocycles. The minimum atomic E-state index is -0.600. The lowest BCUT2D eigenvalue weighted by atomic mass is 10.2. The van der Waals surface area contributed by atoms with Crippen LogP contribution in [0.1, 0.15) is 23.1 Å². The first-order valence-corrected chi connectivity index (χ1v) is 6.97. The third-order valence-corrected chi connectivity index (χ3v) is 2.76.